The summed E-state index contributed by atoms with van der Waals surface area (Å²) < 4.78 is 3.18. The van der Waals surface area contributed by atoms with Gasteiger partial charge in [0.05, 0.1) is 17.4 Å². The lowest BCUT2D eigenvalue weighted by Gasteiger charge is -2.07. The van der Waals surface area contributed by atoms with Crippen LogP contribution in [0.15, 0.2) is 54.9 Å². The number of benzene rings is 2. The number of nitrogens with one attached hydrogen (secondary N) is 1. The van der Waals surface area contributed by atoms with Crippen molar-refractivity contribution in [3.8, 4) is 0 Å². The third kappa shape index (κ3) is 3.47. The summed E-state index contributed by atoms with van der Waals surface area (Å²) in [5.74, 6) is -0.0194. The molecule has 1 heterocycles. The molecule has 5 heteroatoms. The maximum absolute atomic E-state index is 12.0. The van der Waals surface area contributed by atoms with Gasteiger partial charge < -0.3 is 9.88 Å². The number of fused-ring (bicyclic) bond motifs is 1. The fraction of sp³-hybridized carbons (Fsp3) is 0.176. The Morgan fingerprint density at radius 2 is 2.05 bits per heavy atom. The lowest BCUT2D eigenvalue weighted by atomic mass is 10.2. The highest BCUT2D eigenvalue weighted by molar-refractivity contribution is 14.1. The molecule has 2 aromatic carbocycles. The highest BCUT2D eigenvalue weighted by Crippen LogP contribution is 2.12. The summed E-state index contributed by atoms with van der Waals surface area (Å²) in [4.78, 5) is 16.4. The third-order valence-corrected chi connectivity index (χ3v) is 4.15. The lowest BCUT2D eigenvalue weighted by Crippen LogP contribution is -2.25. The number of halogens is 1. The molecule has 0 atom stereocenters. The largest absolute Gasteiger partial charge is 0.352 e. The molecule has 3 rings (SSSR count). The molecule has 0 fully saturated rings. The number of amides is 1. The van der Waals surface area contributed by atoms with Crippen LogP contribution in [0.4, 0.5) is 0 Å². The molecule has 0 unspecified atom stereocenters. The number of imidazole rings is 1. The van der Waals surface area contributed by atoms with Crippen molar-refractivity contribution in [3.63, 3.8) is 0 Å². The molecule has 1 N–H and O–H groups in total. The smallest absolute Gasteiger partial charge is 0.251 e. The molecule has 0 spiro atoms. The van der Waals surface area contributed by atoms with E-state index in [0.29, 0.717) is 12.1 Å². The van der Waals surface area contributed by atoms with Gasteiger partial charge in [0.2, 0.25) is 0 Å². The summed E-state index contributed by atoms with van der Waals surface area (Å²) in [6.45, 7) is 1.49. The van der Waals surface area contributed by atoms with Gasteiger partial charge in [-0.3, -0.25) is 4.79 Å². The lowest BCUT2D eigenvalue weighted by molar-refractivity contribution is 0.0952. The summed E-state index contributed by atoms with van der Waals surface area (Å²) in [6, 6.07) is 15.7. The van der Waals surface area contributed by atoms with Crippen LogP contribution in [-0.4, -0.2) is 22.0 Å². The number of hydrogen-bond donors (Lipinski definition) is 1. The summed E-state index contributed by atoms with van der Waals surface area (Å²) in [5.41, 5.74) is 2.84. The van der Waals surface area contributed by atoms with E-state index >= 15 is 0 Å². The van der Waals surface area contributed by atoms with Gasteiger partial charge in [0, 0.05) is 22.2 Å². The molecule has 0 aliphatic rings. The van der Waals surface area contributed by atoms with Gasteiger partial charge in [-0.15, -0.1) is 0 Å². The van der Waals surface area contributed by atoms with E-state index in [4.69, 9.17) is 0 Å². The molecule has 0 bridgehead atoms. The van der Waals surface area contributed by atoms with Gasteiger partial charge in [0.15, 0.2) is 0 Å². The second-order valence-corrected chi connectivity index (χ2v) is 6.29. The van der Waals surface area contributed by atoms with Gasteiger partial charge in [0.1, 0.15) is 0 Å². The van der Waals surface area contributed by atoms with Gasteiger partial charge in [-0.05, 0) is 59.3 Å². The Morgan fingerprint density at radius 3 is 2.91 bits per heavy atom. The first-order valence-corrected chi connectivity index (χ1v) is 8.25. The first kappa shape index (κ1) is 15.0. The van der Waals surface area contributed by atoms with Gasteiger partial charge >= 0.3 is 0 Å². The molecule has 3 aromatic rings. The van der Waals surface area contributed by atoms with Crippen molar-refractivity contribution in [1.82, 2.24) is 14.9 Å². The zero-order valence-corrected chi connectivity index (χ0v) is 14.2. The average Bonchev–Trinajstić information content (AvgIpc) is 2.95. The van der Waals surface area contributed by atoms with E-state index in [-0.39, 0.29) is 5.91 Å². The number of carbonyl (C=O) groups excluding carboxylic acids is 1. The van der Waals surface area contributed by atoms with Gasteiger partial charge in [-0.25, -0.2) is 4.98 Å². The summed E-state index contributed by atoms with van der Waals surface area (Å²) in [5, 5.41) is 2.96. The molecular weight excluding hydrogens is 389 g/mol. The highest BCUT2D eigenvalue weighted by Gasteiger charge is 2.05. The molecule has 1 aromatic heterocycles. The maximum Gasteiger partial charge on any atom is 0.251 e. The van der Waals surface area contributed by atoms with Crippen LogP contribution in [0.5, 0.6) is 0 Å². The van der Waals surface area contributed by atoms with Crippen molar-refractivity contribution in [3.05, 3.63) is 64.0 Å². The summed E-state index contributed by atoms with van der Waals surface area (Å²) >= 11 is 2.21. The predicted octanol–water partition coefficient (Wildman–Crippen LogP) is 3.46. The molecule has 0 radical (unpaired) electrons. The minimum absolute atomic E-state index is 0.0194. The van der Waals surface area contributed by atoms with Crippen LogP contribution in [0.3, 0.4) is 0 Å². The van der Waals surface area contributed by atoms with Crippen LogP contribution in [0.25, 0.3) is 11.0 Å². The molecule has 4 nitrogen and oxygen atoms in total. The topological polar surface area (TPSA) is 46.9 Å². The number of aromatic nitrogens is 2. The quantitative estimate of drug-likeness (QED) is 0.522. The number of para-hydroxylation sites is 2. The second kappa shape index (κ2) is 6.91. The van der Waals surface area contributed by atoms with Crippen LogP contribution in [-0.2, 0) is 6.54 Å². The molecule has 0 aliphatic carbocycles. The number of hydrogen-bond acceptors (Lipinski definition) is 2. The monoisotopic (exact) mass is 405 g/mol. The van der Waals surface area contributed by atoms with Crippen molar-refractivity contribution in [2.24, 2.45) is 0 Å². The Kier molecular flexibility index (Phi) is 4.72. The maximum atomic E-state index is 12.0. The Bertz CT molecular complexity index is 797. The van der Waals surface area contributed by atoms with E-state index in [0.717, 1.165) is 27.6 Å². The summed E-state index contributed by atoms with van der Waals surface area (Å²) in [7, 11) is 0. The number of rotatable bonds is 5. The molecule has 0 aliphatic heterocycles. The van der Waals surface area contributed by atoms with Crippen LogP contribution in [0, 0.1) is 3.57 Å². The van der Waals surface area contributed by atoms with Crippen molar-refractivity contribution < 1.29 is 4.79 Å². The molecule has 112 valence electrons. The highest BCUT2D eigenvalue weighted by atomic mass is 127. The van der Waals surface area contributed by atoms with Crippen LogP contribution < -0.4 is 5.32 Å². The fourth-order valence-electron chi connectivity index (χ4n) is 2.37. The van der Waals surface area contributed by atoms with Crippen molar-refractivity contribution in [2.75, 3.05) is 6.54 Å². The minimum Gasteiger partial charge on any atom is -0.352 e. The van der Waals surface area contributed by atoms with Crippen LogP contribution in [0.2, 0.25) is 0 Å². The van der Waals surface area contributed by atoms with Crippen LogP contribution >= 0.6 is 22.6 Å². The van der Waals surface area contributed by atoms with Crippen molar-refractivity contribution in [1.29, 1.82) is 0 Å². The third-order valence-electron chi connectivity index (χ3n) is 3.48. The van der Waals surface area contributed by atoms with E-state index in [9.17, 15) is 4.79 Å². The van der Waals surface area contributed by atoms with Crippen LogP contribution in [0.1, 0.15) is 16.8 Å². The second-order valence-electron chi connectivity index (χ2n) is 5.05. The molecule has 22 heavy (non-hydrogen) atoms. The van der Waals surface area contributed by atoms with E-state index in [2.05, 4.69) is 43.5 Å². The molecule has 0 saturated carbocycles. The Labute approximate surface area is 142 Å². The first-order valence-electron chi connectivity index (χ1n) is 7.18. The van der Waals surface area contributed by atoms with Gasteiger partial charge in [0.25, 0.3) is 5.91 Å². The van der Waals surface area contributed by atoms with Crippen molar-refractivity contribution >= 4 is 39.5 Å². The Hall–Kier alpha value is -1.89. The first-order chi connectivity index (χ1) is 10.7. The number of aryl methyl sites for hydroxylation is 1. The fourth-order valence-corrected chi connectivity index (χ4v) is 2.91. The van der Waals surface area contributed by atoms with E-state index in [1.807, 2.05) is 48.8 Å². The number of carbonyl (C=O) groups is 1. The summed E-state index contributed by atoms with van der Waals surface area (Å²) in [6.07, 6.45) is 2.72. The molecule has 0 saturated heterocycles. The molecule has 1 amide bonds. The SMILES string of the molecule is O=C(NCCCn1cnc2ccccc21)c1cccc(I)c1. The van der Waals surface area contributed by atoms with Crippen molar-refractivity contribution in [2.45, 2.75) is 13.0 Å². The standard InChI is InChI=1S/C17H16IN3O/c18-14-6-3-5-13(11-14)17(22)19-9-4-10-21-12-20-15-7-1-2-8-16(15)21/h1-3,5-8,11-12H,4,9-10H2,(H,19,22). The van der Waals surface area contributed by atoms with Gasteiger partial charge in [-0.1, -0.05) is 18.2 Å². The van der Waals surface area contributed by atoms with E-state index in [1.54, 1.807) is 0 Å². The zero-order valence-electron chi connectivity index (χ0n) is 12.0. The van der Waals surface area contributed by atoms with E-state index in [1.165, 1.54) is 0 Å². The van der Waals surface area contributed by atoms with E-state index < -0.39 is 0 Å². The Balaban J connectivity index is 1.52. The predicted molar refractivity (Wildman–Crippen MR) is 95.8 cm³/mol. The Morgan fingerprint density at radius 1 is 1.18 bits per heavy atom. The average molecular weight is 405 g/mol. The molecular formula is C17H16IN3O. The van der Waals surface area contributed by atoms with Gasteiger partial charge in [-0.2, -0.15) is 0 Å². The normalized spacial score (nSPS) is 10.8. The zero-order chi connectivity index (χ0) is 15.4. The minimum atomic E-state index is -0.0194. The number of nitrogens with zero attached hydrogens (tertiary/aromatic N) is 2.